The average Bonchev–Trinajstić information content (AvgIpc) is 2.39. The SMILES string of the molecule is C#CC(CC)C(O)C(c1ccc([N+](=O)[O-])cc1)S(C)(=O)=O. The quantitative estimate of drug-likeness (QED) is 0.490. The minimum Gasteiger partial charge on any atom is -0.390 e. The lowest BCUT2D eigenvalue weighted by molar-refractivity contribution is -0.384. The standard InChI is InChI=1S/C14H17NO5S/c1-4-10(5-2)13(16)14(21(3,19)20)11-6-8-12(9-7-11)15(17)18/h1,6-10,13-14,16H,5H2,2-3H3. The van der Waals surface area contributed by atoms with Crippen molar-refractivity contribution in [3.63, 3.8) is 0 Å². The van der Waals surface area contributed by atoms with E-state index in [1.54, 1.807) is 6.92 Å². The third-order valence-electron chi connectivity index (χ3n) is 3.27. The normalized spacial score (nSPS) is 15.7. The van der Waals surface area contributed by atoms with Gasteiger partial charge in [0.2, 0.25) is 0 Å². The highest BCUT2D eigenvalue weighted by molar-refractivity contribution is 7.91. The third kappa shape index (κ3) is 4.03. The first kappa shape index (κ1) is 17.1. The second-order valence-corrected chi connectivity index (χ2v) is 6.94. The fourth-order valence-electron chi connectivity index (χ4n) is 2.15. The van der Waals surface area contributed by atoms with E-state index < -0.39 is 32.0 Å². The van der Waals surface area contributed by atoms with Crippen LogP contribution in [0.4, 0.5) is 5.69 Å². The molecule has 7 heteroatoms. The molecule has 0 aromatic heterocycles. The number of terminal acetylenes is 1. The number of rotatable bonds is 6. The molecule has 114 valence electrons. The zero-order valence-electron chi connectivity index (χ0n) is 11.8. The molecule has 1 N–H and O–H groups in total. The molecule has 0 radical (unpaired) electrons. The summed E-state index contributed by atoms with van der Waals surface area (Å²) >= 11 is 0. The van der Waals surface area contributed by atoms with E-state index in [0.717, 1.165) is 6.26 Å². The number of nitro benzene ring substituents is 1. The average molecular weight is 311 g/mol. The van der Waals surface area contributed by atoms with Gasteiger partial charge < -0.3 is 5.11 Å². The first-order valence-electron chi connectivity index (χ1n) is 6.29. The van der Waals surface area contributed by atoms with Crippen LogP contribution in [0.15, 0.2) is 24.3 Å². The molecule has 1 rings (SSSR count). The van der Waals surface area contributed by atoms with Gasteiger partial charge in [0.15, 0.2) is 9.84 Å². The first-order valence-corrected chi connectivity index (χ1v) is 8.25. The van der Waals surface area contributed by atoms with Crippen LogP contribution in [0, 0.1) is 28.4 Å². The van der Waals surface area contributed by atoms with Gasteiger partial charge in [0.05, 0.1) is 11.0 Å². The van der Waals surface area contributed by atoms with E-state index in [1.165, 1.54) is 24.3 Å². The number of nitro groups is 1. The van der Waals surface area contributed by atoms with Gasteiger partial charge in [-0.05, 0) is 12.0 Å². The molecule has 0 aliphatic carbocycles. The molecule has 3 atom stereocenters. The second-order valence-electron chi connectivity index (χ2n) is 4.77. The summed E-state index contributed by atoms with van der Waals surface area (Å²) in [4.78, 5) is 10.0. The summed E-state index contributed by atoms with van der Waals surface area (Å²) in [5.41, 5.74) is 0.133. The summed E-state index contributed by atoms with van der Waals surface area (Å²) in [5, 5.41) is 19.7. The number of hydrogen-bond acceptors (Lipinski definition) is 5. The van der Waals surface area contributed by atoms with Gasteiger partial charge in [0.1, 0.15) is 5.25 Å². The highest BCUT2D eigenvalue weighted by atomic mass is 32.2. The van der Waals surface area contributed by atoms with Gasteiger partial charge in [0, 0.05) is 24.3 Å². The van der Waals surface area contributed by atoms with E-state index in [0.29, 0.717) is 6.42 Å². The van der Waals surface area contributed by atoms with Gasteiger partial charge in [-0.2, -0.15) is 0 Å². The molecule has 1 aromatic carbocycles. The molecule has 0 aliphatic rings. The number of sulfone groups is 1. The molecule has 0 bridgehead atoms. The predicted octanol–water partition coefficient (Wildman–Crippen LogP) is 1.70. The minimum absolute atomic E-state index is 0.149. The van der Waals surface area contributed by atoms with Crippen LogP contribution in [0.3, 0.4) is 0 Å². The van der Waals surface area contributed by atoms with Gasteiger partial charge in [-0.15, -0.1) is 12.3 Å². The molecule has 0 aliphatic heterocycles. The van der Waals surface area contributed by atoms with E-state index in [1.807, 2.05) is 0 Å². The van der Waals surface area contributed by atoms with Crippen molar-refractivity contribution in [3.05, 3.63) is 39.9 Å². The van der Waals surface area contributed by atoms with Crippen molar-refractivity contribution in [1.82, 2.24) is 0 Å². The summed E-state index contributed by atoms with van der Waals surface area (Å²) in [6.07, 6.45) is 5.48. The maximum absolute atomic E-state index is 12.0. The Labute approximate surface area is 123 Å². The van der Waals surface area contributed by atoms with Crippen molar-refractivity contribution in [2.45, 2.75) is 24.7 Å². The smallest absolute Gasteiger partial charge is 0.269 e. The number of aliphatic hydroxyl groups is 1. The maximum Gasteiger partial charge on any atom is 0.269 e. The van der Waals surface area contributed by atoms with Crippen molar-refractivity contribution in [3.8, 4) is 12.3 Å². The van der Waals surface area contributed by atoms with Crippen LogP contribution in [-0.2, 0) is 9.84 Å². The van der Waals surface area contributed by atoms with Crippen LogP contribution in [0.5, 0.6) is 0 Å². The zero-order chi connectivity index (χ0) is 16.2. The van der Waals surface area contributed by atoms with Gasteiger partial charge in [0.25, 0.3) is 5.69 Å². The first-order chi connectivity index (χ1) is 9.72. The van der Waals surface area contributed by atoms with E-state index >= 15 is 0 Å². The Morgan fingerprint density at radius 2 is 1.90 bits per heavy atom. The number of aliphatic hydroxyl groups excluding tert-OH is 1. The highest BCUT2D eigenvalue weighted by Crippen LogP contribution is 2.31. The van der Waals surface area contributed by atoms with Crippen LogP contribution in [-0.4, -0.2) is 30.8 Å². The van der Waals surface area contributed by atoms with Gasteiger partial charge >= 0.3 is 0 Å². The summed E-state index contributed by atoms with van der Waals surface area (Å²) in [6, 6.07) is 5.07. The molecule has 1 aromatic rings. The molecule has 0 saturated carbocycles. The van der Waals surface area contributed by atoms with Crippen molar-refractivity contribution < 1.29 is 18.4 Å². The van der Waals surface area contributed by atoms with Gasteiger partial charge in [-0.25, -0.2) is 8.42 Å². The molecule has 0 spiro atoms. The molecular formula is C14H17NO5S. The summed E-state index contributed by atoms with van der Waals surface area (Å²) < 4.78 is 23.9. The van der Waals surface area contributed by atoms with Crippen LogP contribution < -0.4 is 0 Å². The zero-order valence-corrected chi connectivity index (χ0v) is 12.6. The fraction of sp³-hybridized carbons (Fsp3) is 0.429. The van der Waals surface area contributed by atoms with Crippen LogP contribution in [0.2, 0.25) is 0 Å². The molecule has 0 amide bonds. The largest absolute Gasteiger partial charge is 0.390 e. The number of nitrogens with zero attached hydrogens (tertiary/aromatic N) is 1. The number of hydrogen-bond donors (Lipinski definition) is 1. The summed E-state index contributed by atoms with van der Waals surface area (Å²) in [6.45, 7) is 1.75. The molecule has 0 saturated heterocycles. The molecule has 21 heavy (non-hydrogen) atoms. The summed E-state index contributed by atoms with van der Waals surface area (Å²) in [5.74, 6) is 1.77. The molecule has 6 nitrogen and oxygen atoms in total. The molecule has 3 unspecified atom stereocenters. The van der Waals surface area contributed by atoms with E-state index in [4.69, 9.17) is 6.42 Å². The van der Waals surface area contributed by atoms with Gasteiger partial charge in [-0.3, -0.25) is 10.1 Å². The van der Waals surface area contributed by atoms with Crippen molar-refractivity contribution in [1.29, 1.82) is 0 Å². The van der Waals surface area contributed by atoms with Crippen LogP contribution >= 0.6 is 0 Å². The summed E-state index contributed by atoms with van der Waals surface area (Å²) in [7, 11) is -3.63. The number of benzene rings is 1. The van der Waals surface area contributed by atoms with Crippen LogP contribution in [0.25, 0.3) is 0 Å². The van der Waals surface area contributed by atoms with Crippen molar-refractivity contribution in [2.75, 3.05) is 6.26 Å². The molecule has 0 fully saturated rings. The third-order valence-corrected chi connectivity index (χ3v) is 4.74. The Bertz CT molecular complexity index is 645. The van der Waals surface area contributed by atoms with E-state index in [9.17, 15) is 23.6 Å². The van der Waals surface area contributed by atoms with E-state index in [2.05, 4.69) is 5.92 Å². The monoisotopic (exact) mass is 311 g/mol. The fourth-order valence-corrected chi connectivity index (χ4v) is 3.50. The molecule has 0 heterocycles. The van der Waals surface area contributed by atoms with Crippen molar-refractivity contribution >= 4 is 15.5 Å². The van der Waals surface area contributed by atoms with Gasteiger partial charge in [-0.1, -0.05) is 19.1 Å². The molecular weight excluding hydrogens is 294 g/mol. The maximum atomic E-state index is 12.0. The lowest BCUT2D eigenvalue weighted by Crippen LogP contribution is -2.31. The van der Waals surface area contributed by atoms with Crippen LogP contribution in [0.1, 0.15) is 24.2 Å². The van der Waals surface area contributed by atoms with Crippen molar-refractivity contribution in [2.24, 2.45) is 5.92 Å². The lowest BCUT2D eigenvalue weighted by atomic mass is 9.94. The Morgan fingerprint density at radius 1 is 1.38 bits per heavy atom. The van der Waals surface area contributed by atoms with E-state index in [-0.39, 0.29) is 11.3 Å². The topological polar surface area (TPSA) is 97.5 Å². The highest BCUT2D eigenvalue weighted by Gasteiger charge is 2.34. The second kappa shape index (κ2) is 6.70. The lowest BCUT2D eigenvalue weighted by Gasteiger charge is -2.25. The Kier molecular flexibility index (Phi) is 5.47. The number of non-ortho nitro benzene ring substituents is 1. The Hall–Kier alpha value is -1.91. The predicted molar refractivity (Wildman–Crippen MR) is 79.3 cm³/mol. The minimum atomic E-state index is -3.63. The Morgan fingerprint density at radius 3 is 2.24 bits per heavy atom. The Balaban J connectivity index is 3.27.